The van der Waals surface area contributed by atoms with Crippen LogP contribution in [-0.4, -0.2) is 13.1 Å². The van der Waals surface area contributed by atoms with Crippen LogP contribution in [0.2, 0.25) is 0 Å². The van der Waals surface area contributed by atoms with Crippen molar-refractivity contribution in [3.8, 4) is 0 Å². The zero-order chi connectivity index (χ0) is 10.4. The molecule has 76 valence electrons. The molecule has 3 heteroatoms. The maximum atomic E-state index is 11.0. The summed E-state index contributed by atoms with van der Waals surface area (Å²) in [6, 6.07) is 8.08. The maximum Gasteiger partial charge on any atom is 0.305 e. The van der Waals surface area contributed by atoms with Gasteiger partial charge in [0.25, 0.3) is 0 Å². The Morgan fingerprint density at radius 2 is 2.00 bits per heavy atom. The minimum Gasteiger partial charge on any atom is -0.469 e. The predicted octanol–water partition coefficient (Wildman–Crippen LogP) is 2.69. The van der Waals surface area contributed by atoms with E-state index in [1.165, 1.54) is 18.2 Å². The summed E-state index contributed by atoms with van der Waals surface area (Å²) in [5.41, 5.74) is 2.44. The Bertz CT molecular complexity index is 310. The van der Waals surface area contributed by atoms with Gasteiger partial charge in [0.15, 0.2) is 0 Å². The molecule has 0 bridgehead atoms. The molecule has 1 aromatic carbocycles. The van der Waals surface area contributed by atoms with Gasteiger partial charge in [-0.1, -0.05) is 40.2 Å². The van der Waals surface area contributed by atoms with Crippen molar-refractivity contribution >= 4 is 21.9 Å². The summed E-state index contributed by atoms with van der Waals surface area (Å²) in [7, 11) is 1.42. The molecule has 0 N–H and O–H groups in total. The minimum absolute atomic E-state index is 0.158. The molecule has 0 fully saturated rings. The summed E-state index contributed by atoms with van der Waals surface area (Å²) in [4.78, 5) is 11.0. The quantitative estimate of drug-likeness (QED) is 0.612. The van der Waals surface area contributed by atoms with E-state index in [4.69, 9.17) is 0 Å². The van der Waals surface area contributed by atoms with Crippen LogP contribution in [-0.2, 0) is 21.3 Å². The van der Waals surface area contributed by atoms with E-state index in [-0.39, 0.29) is 5.97 Å². The van der Waals surface area contributed by atoms with Crippen molar-refractivity contribution in [1.29, 1.82) is 0 Å². The summed E-state index contributed by atoms with van der Waals surface area (Å²) < 4.78 is 4.59. The molecule has 0 atom stereocenters. The monoisotopic (exact) mass is 256 g/mol. The first-order valence-electron chi connectivity index (χ1n) is 4.47. The van der Waals surface area contributed by atoms with E-state index in [2.05, 4.69) is 26.7 Å². The Labute approximate surface area is 92.4 Å². The van der Waals surface area contributed by atoms with Gasteiger partial charge in [-0.2, -0.15) is 0 Å². The van der Waals surface area contributed by atoms with Gasteiger partial charge < -0.3 is 4.74 Å². The highest BCUT2D eigenvalue weighted by Gasteiger charge is 2.04. The molecule has 0 radical (unpaired) electrons. The molecular weight excluding hydrogens is 244 g/mol. The Morgan fingerprint density at radius 3 is 2.57 bits per heavy atom. The third kappa shape index (κ3) is 3.14. The van der Waals surface area contributed by atoms with Crippen LogP contribution in [0, 0.1) is 0 Å². The van der Waals surface area contributed by atoms with Gasteiger partial charge in [0.2, 0.25) is 0 Å². The van der Waals surface area contributed by atoms with Crippen LogP contribution >= 0.6 is 15.9 Å². The first-order valence-corrected chi connectivity index (χ1v) is 5.59. The van der Waals surface area contributed by atoms with Crippen LogP contribution in [0.15, 0.2) is 24.3 Å². The zero-order valence-corrected chi connectivity index (χ0v) is 9.71. The van der Waals surface area contributed by atoms with Gasteiger partial charge in [-0.05, 0) is 17.5 Å². The molecule has 0 aromatic heterocycles. The molecule has 0 unspecified atom stereocenters. The Hall–Kier alpha value is -0.830. The molecule has 0 heterocycles. The van der Waals surface area contributed by atoms with Gasteiger partial charge in [-0.25, -0.2) is 0 Å². The first-order chi connectivity index (χ1) is 6.77. The Morgan fingerprint density at radius 1 is 1.36 bits per heavy atom. The van der Waals surface area contributed by atoms with Crippen LogP contribution in [0.25, 0.3) is 0 Å². The molecule has 14 heavy (non-hydrogen) atoms. The highest BCUT2D eigenvalue weighted by Crippen LogP contribution is 2.14. The SMILES string of the molecule is COC(=O)CCc1ccccc1CBr. The second-order valence-corrected chi connectivity index (χ2v) is 3.54. The van der Waals surface area contributed by atoms with Crippen molar-refractivity contribution in [2.45, 2.75) is 18.2 Å². The highest BCUT2D eigenvalue weighted by atomic mass is 79.9. The summed E-state index contributed by atoms with van der Waals surface area (Å²) in [6.07, 6.45) is 1.19. The molecule has 0 aliphatic rings. The van der Waals surface area contributed by atoms with Crippen molar-refractivity contribution in [2.24, 2.45) is 0 Å². The maximum absolute atomic E-state index is 11.0. The van der Waals surface area contributed by atoms with Gasteiger partial charge in [0, 0.05) is 11.8 Å². The number of hydrogen-bond donors (Lipinski definition) is 0. The van der Waals surface area contributed by atoms with Crippen LogP contribution in [0.4, 0.5) is 0 Å². The van der Waals surface area contributed by atoms with E-state index < -0.39 is 0 Å². The summed E-state index contributed by atoms with van der Waals surface area (Å²) >= 11 is 3.42. The molecule has 0 spiro atoms. The molecule has 0 saturated carbocycles. The number of methoxy groups -OCH3 is 1. The van der Waals surface area contributed by atoms with Gasteiger partial charge >= 0.3 is 5.97 Å². The number of rotatable bonds is 4. The van der Waals surface area contributed by atoms with E-state index in [1.54, 1.807) is 0 Å². The number of ether oxygens (including phenoxy) is 1. The number of benzene rings is 1. The van der Waals surface area contributed by atoms with Crippen molar-refractivity contribution in [3.05, 3.63) is 35.4 Å². The lowest BCUT2D eigenvalue weighted by molar-refractivity contribution is -0.140. The van der Waals surface area contributed by atoms with E-state index in [0.717, 1.165) is 11.8 Å². The van der Waals surface area contributed by atoms with E-state index in [0.29, 0.717) is 6.42 Å². The van der Waals surface area contributed by atoms with E-state index in [1.807, 2.05) is 18.2 Å². The van der Waals surface area contributed by atoms with Crippen molar-refractivity contribution in [2.75, 3.05) is 7.11 Å². The Balaban J connectivity index is 2.61. The average Bonchev–Trinajstić information content (AvgIpc) is 2.26. The number of aryl methyl sites for hydroxylation is 1. The van der Waals surface area contributed by atoms with Crippen LogP contribution in [0.5, 0.6) is 0 Å². The smallest absolute Gasteiger partial charge is 0.305 e. The highest BCUT2D eigenvalue weighted by molar-refractivity contribution is 9.08. The van der Waals surface area contributed by atoms with Crippen LogP contribution in [0.3, 0.4) is 0 Å². The fraction of sp³-hybridized carbons (Fsp3) is 0.364. The lowest BCUT2D eigenvalue weighted by atomic mass is 10.0. The topological polar surface area (TPSA) is 26.3 Å². The molecule has 1 aromatic rings. The normalized spacial score (nSPS) is 9.86. The molecule has 0 saturated heterocycles. The Kier molecular flexibility index (Phi) is 4.66. The summed E-state index contributed by atoms with van der Waals surface area (Å²) in [6.45, 7) is 0. The lowest BCUT2D eigenvalue weighted by Gasteiger charge is -2.05. The molecule has 0 amide bonds. The molecule has 0 aliphatic carbocycles. The van der Waals surface area contributed by atoms with E-state index >= 15 is 0 Å². The number of esters is 1. The minimum atomic E-state index is -0.158. The standard InChI is InChI=1S/C11H13BrO2/c1-14-11(13)7-6-9-4-2-3-5-10(9)8-12/h2-5H,6-8H2,1H3. The number of alkyl halides is 1. The van der Waals surface area contributed by atoms with Crippen molar-refractivity contribution in [1.82, 2.24) is 0 Å². The fourth-order valence-electron chi connectivity index (χ4n) is 1.27. The molecular formula is C11H13BrO2. The van der Waals surface area contributed by atoms with Crippen molar-refractivity contribution in [3.63, 3.8) is 0 Å². The van der Waals surface area contributed by atoms with E-state index in [9.17, 15) is 4.79 Å². The average molecular weight is 257 g/mol. The molecule has 0 aliphatic heterocycles. The summed E-state index contributed by atoms with van der Waals surface area (Å²) in [5, 5.41) is 0.824. The number of carbonyl (C=O) groups excluding carboxylic acids is 1. The molecule has 2 nitrogen and oxygen atoms in total. The van der Waals surface area contributed by atoms with Crippen molar-refractivity contribution < 1.29 is 9.53 Å². The second-order valence-electron chi connectivity index (χ2n) is 2.98. The number of carbonyl (C=O) groups is 1. The van der Waals surface area contributed by atoms with Gasteiger partial charge in [-0.15, -0.1) is 0 Å². The number of hydrogen-bond acceptors (Lipinski definition) is 2. The first kappa shape index (κ1) is 11.2. The third-order valence-corrected chi connectivity index (χ3v) is 2.69. The summed E-state index contributed by atoms with van der Waals surface area (Å²) in [5.74, 6) is -0.158. The zero-order valence-electron chi connectivity index (χ0n) is 8.13. The fourth-order valence-corrected chi connectivity index (χ4v) is 1.82. The predicted molar refractivity (Wildman–Crippen MR) is 59.4 cm³/mol. The van der Waals surface area contributed by atoms with Gasteiger partial charge in [-0.3, -0.25) is 4.79 Å². The lowest BCUT2D eigenvalue weighted by Crippen LogP contribution is -2.03. The van der Waals surface area contributed by atoms with Gasteiger partial charge in [0.1, 0.15) is 0 Å². The molecule has 1 rings (SSSR count). The number of halogens is 1. The third-order valence-electron chi connectivity index (χ3n) is 2.09. The van der Waals surface area contributed by atoms with Gasteiger partial charge in [0.05, 0.1) is 7.11 Å². The second kappa shape index (κ2) is 5.81. The van der Waals surface area contributed by atoms with Crippen LogP contribution in [0.1, 0.15) is 17.5 Å². The largest absolute Gasteiger partial charge is 0.469 e. The van der Waals surface area contributed by atoms with Crippen LogP contribution < -0.4 is 0 Å².